The highest BCUT2D eigenvalue weighted by molar-refractivity contribution is 5.98. The molecule has 1 aliphatic carbocycles. The summed E-state index contributed by atoms with van der Waals surface area (Å²) >= 11 is 0. The fourth-order valence-corrected chi connectivity index (χ4v) is 2.62. The molecule has 0 aliphatic heterocycles. The van der Waals surface area contributed by atoms with Gasteiger partial charge in [0.1, 0.15) is 0 Å². The maximum atomic E-state index is 12.2. The first-order valence-corrected chi connectivity index (χ1v) is 8.99. The summed E-state index contributed by atoms with van der Waals surface area (Å²) in [5, 5.41) is 17.9. The largest absolute Gasteiger partial charge is 0.481 e. The van der Waals surface area contributed by atoms with Crippen LogP contribution in [-0.4, -0.2) is 53.5 Å². The van der Waals surface area contributed by atoms with Crippen molar-refractivity contribution in [3.8, 4) is 0 Å². The van der Waals surface area contributed by atoms with Crippen LogP contribution in [0, 0.1) is 5.92 Å². The first-order valence-electron chi connectivity index (χ1n) is 8.99. The fourth-order valence-electron chi connectivity index (χ4n) is 2.62. The Kier molecular flexibility index (Phi) is 9.58. The number of amides is 1. The van der Waals surface area contributed by atoms with E-state index in [4.69, 9.17) is 10.2 Å². The van der Waals surface area contributed by atoms with Crippen LogP contribution < -0.4 is 0 Å². The molecule has 0 aromatic rings. The Morgan fingerprint density at radius 2 is 2.00 bits per heavy atom. The van der Waals surface area contributed by atoms with Crippen LogP contribution in [0.1, 0.15) is 44.9 Å². The van der Waals surface area contributed by atoms with Gasteiger partial charge in [-0.2, -0.15) is 0 Å². The number of nitrogens with zero attached hydrogens (tertiary/aromatic N) is 1. The number of carboxylic acid groups (broad SMARTS) is 1. The summed E-state index contributed by atoms with van der Waals surface area (Å²) in [5.41, 5.74) is 1.67. The number of unbranched alkanes of at least 4 members (excludes halogenated alkanes) is 1. The smallest absolute Gasteiger partial charge is 0.308 e. The monoisotopic (exact) mass is 363 g/mol. The van der Waals surface area contributed by atoms with E-state index in [2.05, 4.69) is 0 Å². The van der Waals surface area contributed by atoms with Crippen LogP contribution in [0.4, 0.5) is 0 Å². The van der Waals surface area contributed by atoms with E-state index in [1.165, 1.54) is 0 Å². The van der Waals surface area contributed by atoms with Gasteiger partial charge in [0.2, 0.25) is 5.91 Å². The molecule has 1 rings (SSSR count). The van der Waals surface area contributed by atoms with Crippen molar-refractivity contribution in [3.05, 3.63) is 35.5 Å². The lowest BCUT2D eigenvalue weighted by Gasteiger charge is -2.12. The molecule has 0 aromatic heterocycles. The summed E-state index contributed by atoms with van der Waals surface area (Å²) in [6, 6.07) is 0. The van der Waals surface area contributed by atoms with E-state index in [1.54, 1.807) is 19.0 Å². The number of allylic oxidation sites excluding steroid dienone is 6. The molecule has 6 heteroatoms. The predicted octanol–water partition coefficient (Wildman–Crippen LogP) is 2.49. The molecule has 0 radical (unpaired) electrons. The molecule has 0 saturated carbocycles. The third-order valence-corrected chi connectivity index (χ3v) is 4.34. The summed E-state index contributed by atoms with van der Waals surface area (Å²) in [6.07, 6.45) is 11.8. The van der Waals surface area contributed by atoms with Gasteiger partial charge >= 0.3 is 5.97 Å². The van der Waals surface area contributed by atoms with Gasteiger partial charge in [0.25, 0.3) is 0 Å². The lowest BCUT2D eigenvalue weighted by atomic mass is 9.93. The Morgan fingerprint density at radius 3 is 2.62 bits per heavy atom. The van der Waals surface area contributed by atoms with E-state index in [0.717, 1.165) is 31.3 Å². The van der Waals surface area contributed by atoms with E-state index in [1.807, 2.05) is 24.3 Å². The topological polar surface area (TPSA) is 94.9 Å². The third-order valence-electron chi connectivity index (χ3n) is 4.34. The quantitative estimate of drug-likeness (QED) is 0.550. The van der Waals surface area contributed by atoms with Crippen LogP contribution in [0.15, 0.2) is 35.5 Å². The molecule has 0 bridgehead atoms. The highest BCUT2D eigenvalue weighted by Gasteiger charge is 2.19. The second-order valence-corrected chi connectivity index (χ2v) is 6.68. The van der Waals surface area contributed by atoms with Crippen molar-refractivity contribution in [2.24, 2.45) is 5.92 Å². The normalized spacial score (nSPS) is 15.3. The Hall–Kier alpha value is -2.21. The minimum absolute atomic E-state index is 0.0909. The van der Waals surface area contributed by atoms with Crippen molar-refractivity contribution < 1.29 is 24.6 Å². The van der Waals surface area contributed by atoms with Gasteiger partial charge < -0.3 is 15.1 Å². The number of hydrogen-bond donors (Lipinski definition) is 2. The van der Waals surface area contributed by atoms with Gasteiger partial charge in [-0.1, -0.05) is 18.2 Å². The van der Waals surface area contributed by atoms with Crippen LogP contribution >= 0.6 is 0 Å². The van der Waals surface area contributed by atoms with E-state index < -0.39 is 18.5 Å². The minimum Gasteiger partial charge on any atom is -0.481 e. The molecule has 0 aromatic carbocycles. The predicted molar refractivity (Wildman–Crippen MR) is 99.5 cm³/mol. The molecule has 1 amide bonds. The Balaban J connectivity index is 2.47. The SMILES string of the molecule is CN(C)C(=O)CCC/C=C\C1=CC(C(=O)CCC(CO)C(=O)O)=CCC1. The zero-order valence-corrected chi connectivity index (χ0v) is 15.6. The number of carbonyl (C=O) groups excluding carboxylic acids is 2. The van der Waals surface area contributed by atoms with E-state index in [0.29, 0.717) is 12.0 Å². The van der Waals surface area contributed by atoms with Crippen LogP contribution in [-0.2, 0) is 14.4 Å². The number of aliphatic hydroxyl groups is 1. The molecule has 26 heavy (non-hydrogen) atoms. The summed E-state index contributed by atoms with van der Waals surface area (Å²) < 4.78 is 0. The lowest BCUT2D eigenvalue weighted by molar-refractivity contribution is -0.143. The third kappa shape index (κ3) is 7.78. The van der Waals surface area contributed by atoms with Crippen molar-refractivity contribution in [1.29, 1.82) is 0 Å². The first-order chi connectivity index (χ1) is 12.3. The maximum absolute atomic E-state index is 12.2. The summed E-state index contributed by atoms with van der Waals surface area (Å²) in [6.45, 7) is -0.457. The van der Waals surface area contributed by atoms with Gasteiger partial charge in [0.05, 0.1) is 12.5 Å². The number of aliphatic hydroxyl groups excluding tert-OH is 1. The molecule has 1 aliphatic rings. The number of carbonyl (C=O) groups is 3. The lowest BCUT2D eigenvalue weighted by Crippen LogP contribution is -2.20. The molecule has 1 atom stereocenters. The zero-order chi connectivity index (χ0) is 19.5. The van der Waals surface area contributed by atoms with Gasteiger partial charge in [-0.25, -0.2) is 0 Å². The van der Waals surface area contributed by atoms with E-state index in [-0.39, 0.29) is 24.5 Å². The van der Waals surface area contributed by atoms with Crippen molar-refractivity contribution >= 4 is 17.7 Å². The Labute approximate surface area is 154 Å². The average molecular weight is 363 g/mol. The highest BCUT2D eigenvalue weighted by atomic mass is 16.4. The zero-order valence-electron chi connectivity index (χ0n) is 15.6. The molecule has 0 heterocycles. The van der Waals surface area contributed by atoms with Gasteiger partial charge in [0.15, 0.2) is 5.78 Å². The molecule has 0 saturated heterocycles. The number of Topliss-reactive ketones (excluding diaryl/α,β-unsaturated/α-hetero) is 1. The van der Waals surface area contributed by atoms with Gasteiger partial charge in [-0.3, -0.25) is 14.4 Å². The standard InChI is InChI=1S/C20H29NO5/c1-21(2)19(24)10-5-3-4-7-15-8-6-9-16(13-15)18(23)12-11-17(14-22)20(25)26/h4,7,9,13,17,22H,3,5-6,8,10-12,14H2,1-2H3,(H,25,26)/b7-4-. The van der Waals surface area contributed by atoms with E-state index >= 15 is 0 Å². The molecule has 1 unspecified atom stereocenters. The Bertz CT molecular complexity index is 601. The highest BCUT2D eigenvalue weighted by Crippen LogP contribution is 2.21. The molecular weight excluding hydrogens is 334 g/mol. The molecule has 0 spiro atoms. The minimum atomic E-state index is -1.08. The number of hydrogen-bond acceptors (Lipinski definition) is 4. The maximum Gasteiger partial charge on any atom is 0.308 e. The summed E-state index contributed by atoms with van der Waals surface area (Å²) in [5.74, 6) is -1.94. The van der Waals surface area contributed by atoms with Crippen molar-refractivity contribution in [2.75, 3.05) is 20.7 Å². The van der Waals surface area contributed by atoms with Crippen molar-refractivity contribution in [1.82, 2.24) is 4.90 Å². The van der Waals surface area contributed by atoms with Gasteiger partial charge in [-0.05, 0) is 43.8 Å². The van der Waals surface area contributed by atoms with Crippen LogP contribution in [0.3, 0.4) is 0 Å². The molecule has 144 valence electrons. The Morgan fingerprint density at radius 1 is 1.27 bits per heavy atom. The van der Waals surface area contributed by atoms with Crippen LogP contribution in [0.2, 0.25) is 0 Å². The van der Waals surface area contributed by atoms with Gasteiger partial charge in [0, 0.05) is 32.5 Å². The van der Waals surface area contributed by atoms with E-state index in [9.17, 15) is 14.4 Å². The molecule has 6 nitrogen and oxygen atoms in total. The van der Waals surface area contributed by atoms with Crippen molar-refractivity contribution in [2.45, 2.75) is 44.9 Å². The first kappa shape index (κ1) is 21.8. The molecular formula is C20H29NO5. The molecule has 0 fully saturated rings. The number of carboxylic acids is 1. The number of aliphatic carboxylic acids is 1. The number of ketones is 1. The average Bonchev–Trinajstić information content (AvgIpc) is 2.61. The fraction of sp³-hybridized carbons (Fsp3) is 0.550. The molecule has 2 N–H and O–H groups in total. The summed E-state index contributed by atoms with van der Waals surface area (Å²) in [7, 11) is 3.49. The number of rotatable bonds is 11. The summed E-state index contributed by atoms with van der Waals surface area (Å²) in [4.78, 5) is 36.2. The van der Waals surface area contributed by atoms with Crippen LogP contribution in [0.5, 0.6) is 0 Å². The second-order valence-electron chi connectivity index (χ2n) is 6.68. The van der Waals surface area contributed by atoms with Crippen LogP contribution in [0.25, 0.3) is 0 Å². The van der Waals surface area contributed by atoms with Gasteiger partial charge in [-0.15, -0.1) is 0 Å². The second kappa shape index (κ2) is 11.4. The van der Waals surface area contributed by atoms with Crippen molar-refractivity contribution in [3.63, 3.8) is 0 Å².